The molecule has 0 radical (unpaired) electrons. The van der Waals surface area contributed by atoms with Gasteiger partial charge in [0.2, 0.25) is 0 Å². The Bertz CT molecular complexity index is 1140. The third-order valence-electron chi connectivity index (χ3n) is 6.86. The van der Waals surface area contributed by atoms with E-state index in [1.54, 1.807) is 24.3 Å². The summed E-state index contributed by atoms with van der Waals surface area (Å²) in [6, 6.07) is 22.6. The molecule has 2 saturated heterocycles. The van der Waals surface area contributed by atoms with E-state index in [1.807, 2.05) is 58.3 Å². The van der Waals surface area contributed by atoms with Crippen molar-refractivity contribution >= 4 is 46.4 Å². The molecular weight excluding hydrogens is 495 g/mol. The topological polar surface area (TPSA) is 47.1 Å². The van der Waals surface area contributed by atoms with Crippen LogP contribution in [-0.4, -0.2) is 74.0 Å². The average molecular weight is 523 g/mol. The smallest absolute Gasteiger partial charge is 0.253 e. The van der Waals surface area contributed by atoms with Crippen molar-refractivity contribution < 1.29 is 9.59 Å². The molecular formula is C28H28Cl2N4O2. The maximum atomic E-state index is 13.1. The maximum Gasteiger partial charge on any atom is 0.253 e. The van der Waals surface area contributed by atoms with Gasteiger partial charge in [0.05, 0.1) is 0 Å². The van der Waals surface area contributed by atoms with Gasteiger partial charge >= 0.3 is 0 Å². The maximum absolute atomic E-state index is 13.1. The van der Waals surface area contributed by atoms with E-state index in [1.165, 1.54) is 0 Å². The van der Waals surface area contributed by atoms with Crippen molar-refractivity contribution in [1.29, 1.82) is 0 Å². The fraction of sp³-hybridized carbons (Fsp3) is 0.286. The van der Waals surface area contributed by atoms with Crippen LogP contribution in [0.4, 0.5) is 11.4 Å². The van der Waals surface area contributed by atoms with Crippen molar-refractivity contribution in [1.82, 2.24) is 9.80 Å². The van der Waals surface area contributed by atoms with Crippen LogP contribution in [0.3, 0.4) is 0 Å². The van der Waals surface area contributed by atoms with Gasteiger partial charge in [-0.2, -0.15) is 0 Å². The van der Waals surface area contributed by atoms with Gasteiger partial charge in [-0.25, -0.2) is 0 Å². The molecule has 0 unspecified atom stereocenters. The molecule has 0 atom stereocenters. The Morgan fingerprint density at radius 1 is 0.528 bits per heavy atom. The summed E-state index contributed by atoms with van der Waals surface area (Å²) in [5.41, 5.74) is 3.36. The molecule has 0 aromatic heterocycles. The lowest BCUT2D eigenvalue weighted by Crippen LogP contribution is -2.49. The second-order valence-electron chi connectivity index (χ2n) is 9.10. The van der Waals surface area contributed by atoms with Crippen LogP contribution in [0.5, 0.6) is 0 Å². The Hall–Kier alpha value is -3.22. The molecule has 0 spiro atoms. The van der Waals surface area contributed by atoms with Gasteiger partial charge in [0.25, 0.3) is 11.8 Å². The standard InChI is InChI=1S/C28H28Cl2N4O2/c29-23-3-1-5-25(19-23)31-11-15-33(16-12-31)27(35)21-7-9-22(10-8-21)28(36)34-17-13-32(14-18-34)26-6-2-4-24(30)20-26/h1-10,19-20H,11-18H2. The lowest BCUT2D eigenvalue weighted by atomic mass is 10.1. The van der Waals surface area contributed by atoms with Gasteiger partial charge in [0.15, 0.2) is 0 Å². The van der Waals surface area contributed by atoms with Crippen LogP contribution >= 0.6 is 23.2 Å². The molecule has 0 aliphatic carbocycles. The number of anilines is 2. The van der Waals surface area contributed by atoms with Crippen molar-refractivity contribution in [2.45, 2.75) is 0 Å². The molecule has 2 heterocycles. The predicted molar refractivity (Wildman–Crippen MR) is 146 cm³/mol. The van der Waals surface area contributed by atoms with E-state index < -0.39 is 0 Å². The first-order chi connectivity index (χ1) is 17.5. The molecule has 186 valence electrons. The highest BCUT2D eigenvalue weighted by molar-refractivity contribution is 6.31. The minimum absolute atomic E-state index is 0.00474. The monoisotopic (exact) mass is 522 g/mol. The van der Waals surface area contributed by atoms with E-state index >= 15 is 0 Å². The van der Waals surface area contributed by atoms with Gasteiger partial charge in [0, 0.05) is 84.9 Å². The number of halogens is 2. The fourth-order valence-electron chi connectivity index (χ4n) is 4.80. The van der Waals surface area contributed by atoms with E-state index in [2.05, 4.69) is 9.80 Å². The molecule has 6 nitrogen and oxygen atoms in total. The first-order valence-electron chi connectivity index (χ1n) is 12.2. The zero-order valence-electron chi connectivity index (χ0n) is 19.9. The summed E-state index contributed by atoms with van der Waals surface area (Å²) in [4.78, 5) is 34.3. The Balaban J connectivity index is 1.15. The van der Waals surface area contributed by atoms with E-state index in [9.17, 15) is 9.59 Å². The Morgan fingerprint density at radius 3 is 1.22 bits per heavy atom. The number of amides is 2. The van der Waals surface area contributed by atoms with Gasteiger partial charge in [-0.15, -0.1) is 0 Å². The number of hydrogen-bond donors (Lipinski definition) is 0. The molecule has 3 aromatic rings. The summed E-state index contributed by atoms with van der Waals surface area (Å²) < 4.78 is 0. The van der Waals surface area contributed by atoms with Gasteiger partial charge in [0.1, 0.15) is 0 Å². The normalized spacial score (nSPS) is 16.3. The van der Waals surface area contributed by atoms with Gasteiger partial charge < -0.3 is 19.6 Å². The lowest BCUT2D eigenvalue weighted by molar-refractivity contribution is 0.0735. The largest absolute Gasteiger partial charge is 0.368 e. The van der Waals surface area contributed by atoms with Crippen LogP contribution in [0.2, 0.25) is 10.0 Å². The van der Waals surface area contributed by atoms with Crippen molar-refractivity contribution in [2.24, 2.45) is 0 Å². The molecule has 2 amide bonds. The highest BCUT2D eigenvalue weighted by Gasteiger charge is 2.25. The molecule has 0 saturated carbocycles. The first-order valence-corrected chi connectivity index (χ1v) is 12.9. The minimum atomic E-state index is -0.00474. The van der Waals surface area contributed by atoms with Gasteiger partial charge in [-0.1, -0.05) is 35.3 Å². The van der Waals surface area contributed by atoms with Crippen molar-refractivity contribution in [3.05, 3.63) is 94.0 Å². The summed E-state index contributed by atoms with van der Waals surface area (Å²) in [7, 11) is 0. The fourth-order valence-corrected chi connectivity index (χ4v) is 5.17. The minimum Gasteiger partial charge on any atom is -0.368 e. The van der Waals surface area contributed by atoms with Crippen molar-refractivity contribution in [3.8, 4) is 0 Å². The number of rotatable bonds is 4. The average Bonchev–Trinajstić information content (AvgIpc) is 2.92. The van der Waals surface area contributed by atoms with Gasteiger partial charge in [-0.05, 0) is 60.7 Å². The van der Waals surface area contributed by atoms with Crippen molar-refractivity contribution in [2.75, 3.05) is 62.2 Å². The molecule has 2 fully saturated rings. The Morgan fingerprint density at radius 2 is 0.889 bits per heavy atom. The summed E-state index contributed by atoms with van der Waals surface area (Å²) in [5, 5.41) is 1.42. The second-order valence-corrected chi connectivity index (χ2v) is 9.97. The molecule has 36 heavy (non-hydrogen) atoms. The van der Waals surface area contributed by atoms with E-state index in [0.717, 1.165) is 37.6 Å². The number of nitrogens with zero attached hydrogens (tertiary/aromatic N) is 4. The number of benzene rings is 3. The van der Waals surface area contributed by atoms with Crippen LogP contribution in [0.1, 0.15) is 20.7 Å². The second kappa shape index (κ2) is 10.8. The number of piperazine rings is 2. The molecule has 0 bridgehead atoms. The van der Waals surface area contributed by atoms with E-state index in [4.69, 9.17) is 23.2 Å². The summed E-state index contributed by atoms with van der Waals surface area (Å²) >= 11 is 12.2. The Labute approximate surface area is 221 Å². The summed E-state index contributed by atoms with van der Waals surface area (Å²) in [6.45, 7) is 5.58. The molecule has 2 aliphatic rings. The van der Waals surface area contributed by atoms with Crippen LogP contribution in [-0.2, 0) is 0 Å². The zero-order chi connectivity index (χ0) is 25.1. The van der Waals surface area contributed by atoms with Crippen LogP contribution in [0.15, 0.2) is 72.8 Å². The molecule has 0 N–H and O–H groups in total. The highest BCUT2D eigenvalue weighted by atomic mass is 35.5. The predicted octanol–water partition coefficient (Wildman–Crippen LogP) is 4.92. The number of hydrogen-bond acceptors (Lipinski definition) is 4. The molecule has 5 rings (SSSR count). The molecule has 2 aliphatic heterocycles. The van der Waals surface area contributed by atoms with E-state index in [-0.39, 0.29) is 11.8 Å². The van der Waals surface area contributed by atoms with Crippen LogP contribution in [0.25, 0.3) is 0 Å². The quantitative estimate of drug-likeness (QED) is 0.487. The summed E-state index contributed by atoms with van der Waals surface area (Å²) in [5.74, 6) is -0.00948. The highest BCUT2D eigenvalue weighted by Crippen LogP contribution is 2.23. The van der Waals surface area contributed by atoms with Crippen LogP contribution < -0.4 is 9.80 Å². The first kappa shape index (κ1) is 24.5. The van der Waals surface area contributed by atoms with Crippen LogP contribution in [0, 0.1) is 0 Å². The number of carbonyl (C=O) groups excluding carboxylic acids is 2. The zero-order valence-corrected chi connectivity index (χ0v) is 21.5. The third-order valence-corrected chi connectivity index (χ3v) is 7.33. The third kappa shape index (κ3) is 5.45. The Kier molecular flexibility index (Phi) is 7.35. The molecule has 8 heteroatoms. The SMILES string of the molecule is O=C(c1ccc(C(=O)N2CCN(c3cccc(Cl)c3)CC2)cc1)N1CCN(c2cccc(Cl)c2)CC1. The number of carbonyl (C=O) groups is 2. The van der Waals surface area contributed by atoms with Crippen molar-refractivity contribution in [3.63, 3.8) is 0 Å². The lowest BCUT2D eigenvalue weighted by Gasteiger charge is -2.36. The van der Waals surface area contributed by atoms with Gasteiger partial charge in [-0.3, -0.25) is 9.59 Å². The molecule has 3 aromatic carbocycles. The summed E-state index contributed by atoms with van der Waals surface area (Å²) in [6.07, 6.45) is 0. The van der Waals surface area contributed by atoms with E-state index in [0.29, 0.717) is 47.4 Å².